The Labute approximate surface area is 67.1 Å². The molecule has 3 nitrogen and oxygen atoms in total. The molecule has 0 radical (unpaired) electrons. The van der Waals surface area contributed by atoms with Crippen molar-refractivity contribution >= 4 is 5.91 Å². The molecule has 3 heteroatoms. The van der Waals surface area contributed by atoms with E-state index in [-0.39, 0.29) is 12.5 Å². The number of hydrogen-bond donors (Lipinski definition) is 2. The highest BCUT2D eigenvalue weighted by atomic mass is 16.3. The standard InChI is InChI=1S/C8H15NO2/c1-2-3-5-8(11)9-6-4-7-10/h2,10H,1,3-7H2,(H,9,11). The fourth-order valence-corrected chi connectivity index (χ4v) is 0.628. The van der Waals surface area contributed by atoms with Crippen molar-refractivity contribution < 1.29 is 9.90 Å². The number of rotatable bonds is 6. The third-order valence-corrected chi connectivity index (χ3v) is 1.23. The van der Waals surface area contributed by atoms with E-state index in [2.05, 4.69) is 11.9 Å². The number of aliphatic hydroxyl groups excluding tert-OH is 1. The van der Waals surface area contributed by atoms with Crippen molar-refractivity contribution in [2.45, 2.75) is 19.3 Å². The predicted octanol–water partition coefficient (Wildman–Crippen LogP) is 0.451. The Morgan fingerprint density at radius 1 is 1.64 bits per heavy atom. The van der Waals surface area contributed by atoms with Crippen LogP contribution in [-0.4, -0.2) is 24.2 Å². The van der Waals surface area contributed by atoms with E-state index < -0.39 is 0 Å². The second-order valence-corrected chi connectivity index (χ2v) is 2.25. The first-order chi connectivity index (χ1) is 5.31. The Bertz CT molecular complexity index is 123. The largest absolute Gasteiger partial charge is 0.396 e. The van der Waals surface area contributed by atoms with Gasteiger partial charge in [-0.2, -0.15) is 0 Å². The van der Waals surface area contributed by atoms with Gasteiger partial charge in [-0.1, -0.05) is 6.08 Å². The number of carbonyl (C=O) groups excluding carboxylic acids is 1. The molecule has 0 fully saturated rings. The second kappa shape index (κ2) is 7.28. The number of hydrogen-bond acceptors (Lipinski definition) is 2. The molecule has 0 aromatic heterocycles. The first kappa shape index (κ1) is 10.2. The molecule has 0 bridgehead atoms. The Balaban J connectivity index is 3.15. The average Bonchev–Trinajstić information content (AvgIpc) is 2.01. The van der Waals surface area contributed by atoms with Crippen LogP contribution in [0.15, 0.2) is 12.7 Å². The van der Waals surface area contributed by atoms with Crippen LogP contribution in [0.2, 0.25) is 0 Å². The summed E-state index contributed by atoms with van der Waals surface area (Å²) in [4.78, 5) is 10.8. The van der Waals surface area contributed by atoms with E-state index in [1.807, 2.05) is 0 Å². The topological polar surface area (TPSA) is 49.3 Å². The van der Waals surface area contributed by atoms with Crippen LogP contribution in [0.25, 0.3) is 0 Å². The molecule has 64 valence electrons. The van der Waals surface area contributed by atoms with Crippen LogP contribution >= 0.6 is 0 Å². The van der Waals surface area contributed by atoms with Crippen LogP contribution in [0, 0.1) is 0 Å². The van der Waals surface area contributed by atoms with Crippen molar-refractivity contribution in [3.05, 3.63) is 12.7 Å². The van der Waals surface area contributed by atoms with Gasteiger partial charge in [0.2, 0.25) is 5.91 Å². The number of amides is 1. The fraction of sp³-hybridized carbons (Fsp3) is 0.625. The van der Waals surface area contributed by atoms with Gasteiger partial charge in [-0.25, -0.2) is 0 Å². The van der Waals surface area contributed by atoms with Gasteiger partial charge in [0.25, 0.3) is 0 Å². The molecule has 0 aliphatic carbocycles. The molecule has 0 saturated heterocycles. The minimum atomic E-state index is 0.0263. The maximum atomic E-state index is 10.8. The van der Waals surface area contributed by atoms with Crippen molar-refractivity contribution in [2.24, 2.45) is 0 Å². The maximum Gasteiger partial charge on any atom is 0.220 e. The van der Waals surface area contributed by atoms with Crippen LogP contribution in [0.5, 0.6) is 0 Å². The van der Waals surface area contributed by atoms with Crippen molar-refractivity contribution in [1.82, 2.24) is 5.32 Å². The van der Waals surface area contributed by atoms with Crippen molar-refractivity contribution in [3.8, 4) is 0 Å². The van der Waals surface area contributed by atoms with E-state index in [9.17, 15) is 4.79 Å². The highest BCUT2D eigenvalue weighted by Gasteiger charge is 1.96. The lowest BCUT2D eigenvalue weighted by Gasteiger charge is -2.01. The van der Waals surface area contributed by atoms with E-state index in [0.717, 1.165) is 0 Å². The average molecular weight is 157 g/mol. The Hall–Kier alpha value is -0.830. The highest BCUT2D eigenvalue weighted by molar-refractivity contribution is 5.75. The molecular weight excluding hydrogens is 142 g/mol. The molecule has 0 spiro atoms. The van der Waals surface area contributed by atoms with Crippen molar-refractivity contribution in [2.75, 3.05) is 13.2 Å². The van der Waals surface area contributed by atoms with Crippen molar-refractivity contribution in [1.29, 1.82) is 0 Å². The number of carbonyl (C=O) groups is 1. The smallest absolute Gasteiger partial charge is 0.220 e. The quantitative estimate of drug-likeness (QED) is 0.434. The van der Waals surface area contributed by atoms with E-state index >= 15 is 0 Å². The molecule has 0 aliphatic rings. The van der Waals surface area contributed by atoms with Gasteiger partial charge in [-0.15, -0.1) is 6.58 Å². The zero-order valence-electron chi connectivity index (χ0n) is 6.68. The van der Waals surface area contributed by atoms with E-state index in [1.54, 1.807) is 6.08 Å². The number of allylic oxidation sites excluding steroid dienone is 1. The normalized spacial score (nSPS) is 9.18. The lowest BCUT2D eigenvalue weighted by atomic mass is 10.3. The summed E-state index contributed by atoms with van der Waals surface area (Å²) < 4.78 is 0. The summed E-state index contributed by atoms with van der Waals surface area (Å²) >= 11 is 0. The lowest BCUT2D eigenvalue weighted by molar-refractivity contribution is -0.121. The van der Waals surface area contributed by atoms with Crippen LogP contribution in [0.4, 0.5) is 0 Å². The van der Waals surface area contributed by atoms with Gasteiger partial charge in [0.1, 0.15) is 0 Å². The second-order valence-electron chi connectivity index (χ2n) is 2.25. The molecule has 0 aromatic carbocycles. The summed E-state index contributed by atoms with van der Waals surface area (Å²) in [6, 6.07) is 0. The van der Waals surface area contributed by atoms with E-state index in [4.69, 9.17) is 5.11 Å². The maximum absolute atomic E-state index is 10.8. The minimum absolute atomic E-state index is 0.0263. The summed E-state index contributed by atoms with van der Waals surface area (Å²) in [5, 5.41) is 11.1. The summed E-state index contributed by atoms with van der Waals surface area (Å²) in [5.74, 6) is 0.0263. The van der Waals surface area contributed by atoms with Gasteiger partial charge in [0.05, 0.1) is 0 Å². The SMILES string of the molecule is C=CCCC(=O)NCCCO. The molecule has 0 atom stereocenters. The van der Waals surface area contributed by atoms with Crippen molar-refractivity contribution in [3.63, 3.8) is 0 Å². The molecule has 0 unspecified atom stereocenters. The summed E-state index contributed by atoms with van der Waals surface area (Å²) in [6.45, 7) is 4.20. The molecule has 0 rings (SSSR count). The van der Waals surface area contributed by atoms with Gasteiger partial charge in [0, 0.05) is 19.6 Å². The number of aliphatic hydroxyl groups is 1. The van der Waals surface area contributed by atoms with Gasteiger partial charge in [0.15, 0.2) is 0 Å². The predicted molar refractivity (Wildman–Crippen MR) is 44.1 cm³/mol. The molecule has 0 aromatic rings. The third kappa shape index (κ3) is 7.06. The van der Waals surface area contributed by atoms with Crippen LogP contribution in [-0.2, 0) is 4.79 Å². The van der Waals surface area contributed by atoms with Gasteiger partial charge in [-0.3, -0.25) is 4.79 Å². The molecule has 11 heavy (non-hydrogen) atoms. The van der Waals surface area contributed by atoms with Crippen LogP contribution < -0.4 is 5.32 Å². The fourth-order valence-electron chi connectivity index (χ4n) is 0.628. The Morgan fingerprint density at radius 2 is 2.36 bits per heavy atom. The minimum Gasteiger partial charge on any atom is -0.396 e. The molecule has 2 N–H and O–H groups in total. The Morgan fingerprint density at radius 3 is 2.91 bits per heavy atom. The summed E-state index contributed by atoms with van der Waals surface area (Å²) in [7, 11) is 0. The number of nitrogens with one attached hydrogen (secondary N) is 1. The molecule has 1 amide bonds. The van der Waals surface area contributed by atoms with E-state index in [0.29, 0.717) is 25.8 Å². The van der Waals surface area contributed by atoms with Crippen LogP contribution in [0.1, 0.15) is 19.3 Å². The Kier molecular flexibility index (Phi) is 6.73. The summed E-state index contributed by atoms with van der Waals surface area (Å²) in [6.07, 6.45) is 3.55. The van der Waals surface area contributed by atoms with E-state index in [1.165, 1.54) is 0 Å². The zero-order valence-corrected chi connectivity index (χ0v) is 6.68. The lowest BCUT2D eigenvalue weighted by Crippen LogP contribution is -2.24. The first-order valence-corrected chi connectivity index (χ1v) is 3.79. The molecular formula is C8H15NO2. The van der Waals surface area contributed by atoms with Crippen LogP contribution in [0.3, 0.4) is 0 Å². The van der Waals surface area contributed by atoms with Gasteiger partial charge in [-0.05, 0) is 12.8 Å². The van der Waals surface area contributed by atoms with Gasteiger partial charge >= 0.3 is 0 Å². The zero-order chi connectivity index (χ0) is 8.53. The third-order valence-electron chi connectivity index (χ3n) is 1.23. The molecule has 0 heterocycles. The molecule has 0 aliphatic heterocycles. The monoisotopic (exact) mass is 157 g/mol. The highest BCUT2D eigenvalue weighted by Crippen LogP contribution is 1.88. The molecule has 0 saturated carbocycles. The summed E-state index contributed by atoms with van der Waals surface area (Å²) in [5.41, 5.74) is 0. The first-order valence-electron chi connectivity index (χ1n) is 3.79. The van der Waals surface area contributed by atoms with Gasteiger partial charge < -0.3 is 10.4 Å².